The molecule has 2 amide bonds. The lowest BCUT2D eigenvalue weighted by atomic mass is 9.96. The molecule has 1 N–H and O–H groups in total. The van der Waals surface area contributed by atoms with E-state index in [0.29, 0.717) is 29.7 Å². The zero-order valence-corrected chi connectivity index (χ0v) is 25.3. The molecular formula is C34H40ClN5O. The highest BCUT2D eigenvalue weighted by atomic mass is 35.5. The van der Waals surface area contributed by atoms with E-state index in [2.05, 4.69) is 59.8 Å². The van der Waals surface area contributed by atoms with Gasteiger partial charge in [0.15, 0.2) is 0 Å². The van der Waals surface area contributed by atoms with E-state index in [1.54, 1.807) is 0 Å². The number of carbonyl (C=O) groups is 1. The predicted molar refractivity (Wildman–Crippen MR) is 169 cm³/mol. The van der Waals surface area contributed by atoms with Crippen LogP contribution in [0.2, 0.25) is 5.02 Å². The largest absolute Gasteiger partial charge is 0.326 e. The number of para-hydroxylation sites is 2. The predicted octanol–water partition coefficient (Wildman–Crippen LogP) is 8.22. The van der Waals surface area contributed by atoms with Gasteiger partial charge in [-0.3, -0.25) is 9.80 Å². The molecular weight excluding hydrogens is 530 g/mol. The summed E-state index contributed by atoms with van der Waals surface area (Å²) in [6, 6.07) is 22.0. The third-order valence-electron chi connectivity index (χ3n) is 9.27. The van der Waals surface area contributed by atoms with Crippen molar-refractivity contribution in [3.8, 4) is 0 Å². The molecule has 1 aromatic heterocycles. The molecule has 0 aliphatic carbocycles. The fourth-order valence-electron chi connectivity index (χ4n) is 6.97. The molecule has 2 saturated heterocycles. The summed E-state index contributed by atoms with van der Waals surface area (Å²) in [7, 11) is 0. The van der Waals surface area contributed by atoms with E-state index in [-0.39, 0.29) is 6.03 Å². The van der Waals surface area contributed by atoms with Gasteiger partial charge in [-0.05, 0) is 113 Å². The molecule has 2 aliphatic rings. The normalized spacial score (nSPS) is 20.5. The first kappa shape index (κ1) is 27.8. The van der Waals surface area contributed by atoms with E-state index < -0.39 is 0 Å². The molecule has 6 rings (SSSR count). The van der Waals surface area contributed by atoms with Crippen LogP contribution in [-0.4, -0.2) is 45.7 Å². The molecule has 0 spiro atoms. The number of fused-ring (bicyclic) bond motifs is 3. The van der Waals surface area contributed by atoms with Crippen molar-refractivity contribution in [2.75, 3.05) is 23.3 Å². The number of aryl methyl sites for hydroxylation is 4. The number of rotatable bonds is 7. The highest BCUT2D eigenvalue weighted by Gasteiger charge is 2.41. The summed E-state index contributed by atoms with van der Waals surface area (Å²) in [5, 5.41) is 3.80. The van der Waals surface area contributed by atoms with Crippen LogP contribution >= 0.6 is 11.6 Å². The van der Waals surface area contributed by atoms with Crippen LogP contribution < -0.4 is 10.2 Å². The molecule has 3 heterocycles. The van der Waals surface area contributed by atoms with Crippen molar-refractivity contribution in [1.29, 1.82) is 0 Å². The van der Waals surface area contributed by atoms with E-state index in [1.807, 2.05) is 48.2 Å². The second kappa shape index (κ2) is 11.5. The maximum Gasteiger partial charge on any atom is 0.326 e. The second-order valence-electron chi connectivity index (χ2n) is 11.9. The van der Waals surface area contributed by atoms with Gasteiger partial charge >= 0.3 is 6.03 Å². The Morgan fingerprint density at radius 2 is 1.66 bits per heavy atom. The van der Waals surface area contributed by atoms with E-state index in [0.717, 1.165) is 59.7 Å². The van der Waals surface area contributed by atoms with Crippen LogP contribution in [0, 0.1) is 27.7 Å². The topological polar surface area (TPSA) is 53.4 Å². The highest BCUT2D eigenvalue weighted by molar-refractivity contribution is 6.31. The first-order valence-corrected chi connectivity index (χ1v) is 15.3. The number of urea groups is 1. The number of nitrogens with zero attached hydrogens (tertiary/aromatic N) is 4. The Hall–Kier alpha value is -3.35. The van der Waals surface area contributed by atoms with Crippen molar-refractivity contribution in [3.63, 3.8) is 0 Å². The molecule has 6 nitrogen and oxygen atoms in total. The summed E-state index contributed by atoms with van der Waals surface area (Å²) in [6.45, 7) is 9.88. The standard InChI is InChI=1S/C34H40ClN5O/c1-22-10-12-26(18-24(22)3)37-34(41)39(29-13-11-23(2)31(35)21-29)17-7-16-38-27-14-15-28(38)20-30(19-27)40-25(4)36-32-8-5-6-9-33(32)40/h5-6,8-13,18,21,27-28,30H,7,14-17,19-20H2,1-4H3,(H,37,41)/t27-,28+,30?. The van der Waals surface area contributed by atoms with Crippen LogP contribution in [0.5, 0.6) is 0 Å². The van der Waals surface area contributed by atoms with Crippen LogP contribution in [0.25, 0.3) is 11.0 Å². The minimum atomic E-state index is -0.127. The summed E-state index contributed by atoms with van der Waals surface area (Å²) < 4.78 is 2.48. The number of piperidine rings is 1. The summed E-state index contributed by atoms with van der Waals surface area (Å²) in [4.78, 5) is 23.0. The number of nitrogens with one attached hydrogen (secondary N) is 1. The van der Waals surface area contributed by atoms with E-state index >= 15 is 0 Å². The van der Waals surface area contributed by atoms with Crippen molar-refractivity contribution in [2.24, 2.45) is 0 Å². The lowest BCUT2D eigenvalue weighted by Crippen LogP contribution is -2.45. The Morgan fingerprint density at radius 1 is 0.927 bits per heavy atom. The SMILES string of the molecule is Cc1ccc(NC(=O)N(CCCN2[C@@H]3CC[C@H]2CC(n2c(C)nc4ccccc42)C3)c2ccc(C)c(Cl)c2)cc1C. The Morgan fingerprint density at radius 3 is 2.39 bits per heavy atom. The lowest BCUT2D eigenvalue weighted by molar-refractivity contribution is 0.107. The van der Waals surface area contributed by atoms with Crippen LogP contribution in [0.4, 0.5) is 16.2 Å². The summed E-state index contributed by atoms with van der Waals surface area (Å²) in [5.41, 5.74) is 7.35. The summed E-state index contributed by atoms with van der Waals surface area (Å²) >= 11 is 6.49. The van der Waals surface area contributed by atoms with Crippen molar-refractivity contribution in [1.82, 2.24) is 14.5 Å². The maximum atomic E-state index is 13.6. The minimum Gasteiger partial charge on any atom is -0.325 e. The Balaban J connectivity index is 1.14. The summed E-state index contributed by atoms with van der Waals surface area (Å²) in [6.07, 6.45) is 5.70. The summed E-state index contributed by atoms with van der Waals surface area (Å²) in [5.74, 6) is 1.12. The number of imidazole rings is 1. The molecule has 0 radical (unpaired) electrons. The average Bonchev–Trinajstić information content (AvgIpc) is 3.40. The molecule has 7 heteroatoms. The molecule has 1 unspecified atom stereocenters. The van der Waals surface area contributed by atoms with Gasteiger partial charge in [0, 0.05) is 47.6 Å². The molecule has 4 aromatic rings. The number of anilines is 2. The number of carbonyl (C=O) groups excluding carboxylic acids is 1. The number of amides is 2. The van der Waals surface area contributed by atoms with Crippen LogP contribution in [0.1, 0.15) is 60.7 Å². The van der Waals surface area contributed by atoms with Crippen LogP contribution in [-0.2, 0) is 0 Å². The number of halogens is 1. The first-order chi connectivity index (χ1) is 19.8. The zero-order chi connectivity index (χ0) is 28.7. The van der Waals surface area contributed by atoms with Crippen molar-refractivity contribution < 1.29 is 4.79 Å². The fourth-order valence-corrected chi connectivity index (χ4v) is 7.14. The van der Waals surface area contributed by atoms with E-state index in [9.17, 15) is 4.79 Å². The Kier molecular flexibility index (Phi) is 7.80. The third kappa shape index (κ3) is 5.60. The van der Waals surface area contributed by atoms with Crippen LogP contribution in [0.15, 0.2) is 60.7 Å². The van der Waals surface area contributed by atoms with Gasteiger partial charge in [-0.25, -0.2) is 9.78 Å². The molecule has 3 aromatic carbocycles. The highest BCUT2D eigenvalue weighted by Crippen LogP contribution is 2.42. The quantitative estimate of drug-likeness (QED) is 0.244. The molecule has 3 atom stereocenters. The number of benzene rings is 3. The van der Waals surface area contributed by atoms with Gasteiger partial charge in [-0.2, -0.15) is 0 Å². The molecule has 2 aliphatic heterocycles. The van der Waals surface area contributed by atoms with Gasteiger partial charge in [0.25, 0.3) is 0 Å². The zero-order valence-electron chi connectivity index (χ0n) is 24.5. The van der Waals surface area contributed by atoms with Gasteiger partial charge in [0.05, 0.1) is 11.0 Å². The first-order valence-electron chi connectivity index (χ1n) is 14.9. The number of hydrogen-bond donors (Lipinski definition) is 1. The van der Waals surface area contributed by atoms with Gasteiger partial charge in [-0.15, -0.1) is 0 Å². The van der Waals surface area contributed by atoms with E-state index in [1.165, 1.54) is 23.9 Å². The van der Waals surface area contributed by atoms with E-state index in [4.69, 9.17) is 16.6 Å². The molecule has 214 valence electrons. The fraction of sp³-hybridized carbons (Fsp3) is 0.412. The van der Waals surface area contributed by atoms with Gasteiger partial charge in [0.2, 0.25) is 0 Å². The second-order valence-corrected chi connectivity index (χ2v) is 12.3. The number of aromatic nitrogens is 2. The van der Waals surface area contributed by atoms with Gasteiger partial charge < -0.3 is 9.88 Å². The molecule has 2 bridgehead atoms. The smallest absolute Gasteiger partial charge is 0.325 e. The molecule has 41 heavy (non-hydrogen) atoms. The third-order valence-corrected chi connectivity index (χ3v) is 9.67. The lowest BCUT2D eigenvalue weighted by Gasteiger charge is -2.40. The molecule has 2 fully saturated rings. The number of hydrogen-bond acceptors (Lipinski definition) is 3. The maximum absolute atomic E-state index is 13.6. The monoisotopic (exact) mass is 569 g/mol. The van der Waals surface area contributed by atoms with Crippen molar-refractivity contribution in [3.05, 3.63) is 88.2 Å². The molecule has 0 saturated carbocycles. The average molecular weight is 570 g/mol. The Labute approximate surface area is 248 Å². The van der Waals surface area contributed by atoms with Crippen LogP contribution in [0.3, 0.4) is 0 Å². The van der Waals surface area contributed by atoms with Crippen molar-refractivity contribution >= 4 is 40.0 Å². The van der Waals surface area contributed by atoms with Gasteiger partial charge in [-0.1, -0.05) is 35.9 Å². The minimum absolute atomic E-state index is 0.127. The van der Waals surface area contributed by atoms with Gasteiger partial charge in [0.1, 0.15) is 5.82 Å². The Bertz CT molecular complexity index is 1560. The van der Waals surface area contributed by atoms with Crippen molar-refractivity contribution in [2.45, 2.75) is 77.9 Å².